The molecule has 4 heteroatoms. The van der Waals surface area contributed by atoms with Crippen LogP contribution < -0.4 is 0 Å². The molecule has 0 fully saturated rings. The van der Waals surface area contributed by atoms with Crippen molar-refractivity contribution >= 4 is 63.0 Å². The zero-order valence-corrected chi connectivity index (χ0v) is 20.6. The summed E-state index contributed by atoms with van der Waals surface area (Å²) < 4.78 is 5.11. The fourth-order valence-electron chi connectivity index (χ4n) is 4.99. The van der Waals surface area contributed by atoms with Gasteiger partial charge in [0.25, 0.3) is 0 Å². The van der Waals surface area contributed by atoms with Crippen molar-refractivity contribution in [1.82, 2.24) is 0 Å². The Bertz CT molecular complexity index is 1890. The minimum atomic E-state index is 0.676. The molecular weight excluding hydrogens is 477 g/mol. The molecule has 0 aliphatic rings. The Morgan fingerprint density at radius 3 is 1.28 bits per heavy atom. The minimum absolute atomic E-state index is 0.676. The number of rotatable bonds is 2. The molecule has 0 atom stereocenters. The lowest BCUT2D eigenvalue weighted by atomic mass is 10.0. The predicted octanol–water partition coefficient (Wildman–Crippen LogP) is 9.50. The number of hydrogen-bond acceptors (Lipinski definition) is 4. The molecule has 2 heterocycles. The third-order valence-electron chi connectivity index (χ3n) is 6.77. The van der Waals surface area contributed by atoms with Crippen molar-refractivity contribution in [2.45, 2.75) is 0 Å². The number of fused-ring (bicyclic) bond motifs is 6. The van der Waals surface area contributed by atoms with Gasteiger partial charge < -0.3 is 0 Å². The van der Waals surface area contributed by atoms with Crippen LogP contribution in [0.25, 0.3) is 62.6 Å². The molecule has 0 N–H and O–H groups in total. The number of benzene rings is 5. The molecule has 2 aromatic heterocycles. The van der Waals surface area contributed by atoms with E-state index in [0.29, 0.717) is 11.1 Å². The third-order valence-corrected chi connectivity index (χ3v) is 9.17. The van der Waals surface area contributed by atoms with Gasteiger partial charge in [-0.2, -0.15) is 10.5 Å². The molecule has 7 aromatic rings. The van der Waals surface area contributed by atoms with E-state index in [4.69, 9.17) is 10.5 Å². The van der Waals surface area contributed by atoms with Crippen LogP contribution in [0, 0.1) is 22.7 Å². The highest BCUT2D eigenvalue weighted by atomic mass is 32.1. The minimum Gasteiger partial charge on any atom is -0.192 e. The first-order chi connectivity index (χ1) is 17.7. The van der Waals surface area contributed by atoms with Gasteiger partial charge in [0.1, 0.15) is 0 Å². The highest BCUT2D eigenvalue weighted by Gasteiger charge is 2.15. The summed E-state index contributed by atoms with van der Waals surface area (Å²) in [7, 11) is 0. The molecule has 2 nitrogen and oxygen atoms in total. The largest absolute Gasteiger partial charge is 0.192 e. The maximum Gasteiger partial charge on any atom is 0.0991 e. The summed E-state index contributed by atoms with van der Waals surface area (Å²) in [5, 5.41) is 23.4. The molecule has 0 spiro atoms. The standard InChI is InChI=1S/C32H16N2S2/c33-17-19-7-11-21(12-8-19)23-3-1-5-25-27-15-30-28(16-29(27)35-31(23)25)26-6-2-4-24(32(26)36-30)22-13-9-20(18-34)10-14-22/h1-16H. The number of nitrogens with zero attached hydrogens (tertiary/aromatic N) is 2. The lowest BCUT2D eigenvalue weighted by molar-refractivity contribution is 1.48. The molecule has 0 bridgehead atoms. The summed E-state index contributed by atoms with van der Waals surface area (Å²) in [5.74, 6) is 0. The van der Waals surface area contributed by atoms with Crippen LogP contribution >= 0.6 is 22.7 Å². The molecule has 36 heavy (non-hydrogen) atoms. The lowest BCUT2D eigenvalue weighted by Gasteiger charge is -2.03. The van der Waals surface area contributed by atoms with Crippen molar-refractivity contribution in [3.63, 3.8) is 0 Å². The summed E-state index contributed by atoms with van der Waals surface area (Å²) in [6, 6.07) is 37.8. The van der Waals surface area contributed by atoms with Gasteiger partial charge in [0.2, 0.25) is 0 Å². The average molecular weight is 493 g/mol. The van der Waals surface area contributed by atoms with Crippen molar-refractivity contribution in [1.29, 1.82) is 10.5 Å². The van der Waals surface area contributed by atoms with Crippen LogP contribution in [-0.4, -0.2) is 0 Å². The maximum absolute atomic E-state index is 9.16. The zero-order valence-electron chi connectivity index (χ0n) is 18.9. The summed E-state index contributed by atoms with van der Waals surface area (Å²) in [6.07, 6.45) is 0. The number of nitriles is 2. The van der Waals surface area contributed by atoms with Gasteiger partial charge in [-0.3, -0.25) is 0 Å². The Kier molecular flexibility index (Phi) is 4.66. The van der Waals surface area contributed by atoms with Crippen LogP contribution in [0.4, 0.5) is 0 Å². The van der Waals surface area contributed by atoms with Crippen molar-refractivity contribution in [2.24, 2.45) is 0 Å². The average Bonchev–Trinajstić information content (AvgIpc) is 3.49. The van der Waals surface area contributed by atoms with Crippen molar-refractivity contribution in [3.05, 3.63) is 108 Å². The molecule has 0 saturated heterocycles. The van der Waals surface area contributed by atoms with Gasteiger partial charge in [0.15, 0.2) is 0 Å². The quantitative estimate of drug-likeness (QED) is 0.241. The number of thiophene rings is 2. The van der Waals surface area contributed by atoms with Gasteiger partial charge in [-0.05, 0) is 58.7 Å². The molecular formula is C32H16N2S2. The molecule has 0 unspecified atom stereocenters. The first-order valence-corrected chi connectivity index (χ1v) is 13.2. The van der Waals surface area contributed by atoms with Crippen molar-refractivity contribution in [2.75, 3.05) is 0 Å². The van der Waals surface area contributed by atoms with Gasteiger partial charge in [0, 0.05) is 40.3 Å². The predicted molar refractivity (Wildman–Crippen MR) is 153 cm³/mol. The molecule has 166 valence electrons. The van der Waals surface area contributed by atoms with E-state index in [-0.39, 0.29) is 0 Å². The monoisotopic (exact) mass is 492 g/mol. The van der Waals surface area contributed by atoms with E-state index < -0.39 is 0 Å². The van der Waals surface area contributed by atoms with Crippen molar-refractivity contribution in [3.8, 4) is 34.4 Å². The molecule has 0 aliphatic heterocycles. The molecule has 5 aromatic carbocycles. The second-order valence-corrected chi connectivity index (χ2v) is 10.9. The first kappa shape index (κ1) is 20.9. The van der Waals surface area contributed by atoms with Gasteiger partial charge in [-0.15, -0.1) is 22.7 Å². The fourth-order valence-corrected chi connectivity index (χ4v) is 7.51. The van der Waals surface area contributed by atoms with E-state index in [2.05, 4.69) is 60.7 Å². The summed E-state index contributed by atoms with van der Waals surface area (Å²) >= 11 is 3.67. The van der Waals surface area contributed by atoms with E-state index in [1.807, 2.05) is 71.2 Å². The molecule has 0 saturated carbocycles. The second kappa shape index (κ2) is 8.04. The van der Waals surface area contributed by atoms with E-state index in [0.717, 1.165) is 11.1 Å². The van der Waals surface area contributed by atoms with Crippen LogP contribution in [0.5, 0.6) is 0 Å². The lowest BCUT2D eigenvalue weighted by Crippen LogP contribution is -1.79. The van der Waals surface area contributed by atoms with Crippen molar-refractivity contribution < 1.29 is 0 Å². The van der Waals surface area contributed by atoms with E-state index in [1.165, 1.54) is 51.5 Å². The third kappa shape index (κ3) is 3.13. The molecule has 0 aliphatic carbocycles. The SMILES string of the molecule is N#Cc1ccc(-c2cccc3c2sc2cc4c(cc23)sc2c(-c3ccc(C#N)cc3)cccc24)cc1. The first-order valence-electron chi connectivity index (χ1n) is 11.5. The van der Waals surface area contributed by atoms with Crippen LogP contribution in [0.2, 0.25) is 0 Å². The summed E-state index contributed by atoms with van der Waals surface area (Å²) in [6.45, 7) is 0. The normalized spacial score (nSPS) is 11.3. The molecule has 0 radical (unpaired) electrons. The highest BCUT2D eigenvalue weighted by molar-refractivity contribution is 7.28. The Morgan fingerprint density at radius 2 is 0.889 bits per heavy atom. The summed E-state index contributed by atoms with van der Waals surface area (Å²) in [4.78, 5) is 0. The Morgan fingerprint density at radius 1 is 0.472 bits per heavy atom. The topological polar surface area (TPSA) is 47.6 Å². The van der Waals surface area contributed by atoms with Gasteiger partial charge >= 0.3 is 0 Å². The van der Waals surface area contributed by atoms with Gasteiger partial charge in [-0.1, -0.05) is 60.7 Å². The van der Waals surface area contributed by atoms with Gasteiger partial charge in [0.05, 0.1) is 23.3 Å². The highest BCUT2D eigenvalue weighted by Crippen LogP contribution is 2.46. The van der Waals surface area contributed by atoms with E-state index >= 15 is 0 Å². The van der Waals surface area contributed by atoms with E-state index in [1.54, 1.807) is 0 Å². The fraction of sp³-hybridized carbons (Fsp3) is 0. The maximum atomic E-state index is 9.16. The Balaban J connectivity index is 1.44. The van der Waals surface area contributed by atoms with Crippen LogP contribution in [-0.2, 0) is 0 Å². The van der Waals surface area contributed by atoms with Crippen LogP contribution in [0.3, 0.4) is 0 Å². The van der Waals surface area contributed by atoms with Crippen LogP contribution in [0.15, 0.2) is 97.1 Å². The number of hydrogen-bond donors (Lipinski definition) is 0. The Hall–Kier alpha value is -4.48. The van der Waals surface area contributed by atoms with Crippen LogP contribution in [0.1, 0.15) is 11.1 Å². The molecule has 7 rings (SSSR count). The Labute approximate surface area is 215 Å². The summed E-state index contributed by atoms with van der Waals surface area (Å²) in [5.41, 5.74) is 6.02. The molecule has 0 amide bonds. The smallest absolute Gasteiger partial charge is 0.0991 e. The van der Waals surface area contributed by atoms with E-state index in [9.17, 15) is 0 Å². The second-order valence-electron chi connectivity index (χ2n) is 8.79. The van der Waals surface area contributed by atoms with Gasteiger partial charge in [-0.25, -0.2) is 0 Å². The zero-order chi connectivity index (χ0) is 24.2.